The highest BCUT2D eigenvalue weighted by Gasteiger charge is 2.29. The van der Waals surface area contributed by atoms with Crippen LogP contribution < -0.4 is 0 Å². The number of sulfone groups is 1. The van der Waals surface area contributed by atoms with Crippen molar-refractivity contribution in [3.63, 3.8) is 0 Å². The fourth-order valence-corrected chi connectivity index (χ4v) is 4.53. The highest BCUT2D eigenvalue weighted by Crippen LogP contribution is 2.23. The number of thioether (sulfide) groups is 1. The van der Waals surface area contributed by atoms with Crippen LogP contribution in [0.3, 0.4) is 0 Å². The first-order valence-corrected chi connectivity index (χ1v) is 8.53. The molecule has 0 bridgehead atoms. The standard InChI is InChI=1S/C10H17N3O3S2/c1-13-9(11-12-10(13)17-7-16-2)5-8-3-4-18(14,15)6-8/h8H,3-7H2,1-2H3/t8-/m0/s1. The van der Waals surface area contributed by atoms with E-state index in [1.54, 1.807) is 7.11 Å². The van der Waals surface area contributed by atoms with Crippen LogP contribution >= 0.6 is 11.8 Å². The van der Waals surface area contributed by atoms with Gasteiger partial charge in [-0.2, -0.15) is 0 Å². The Morgan fingerprint density at radius 1 is 1.50 bits per heavy atom. The van der Waals surface area contributed by atoms with Crippen molar-refractivity contribution in [3.8, 4) is 0 Å². The van der Waals surface area contributed by atoms with E-state index in [4.69, 9.17) is 4.74 Å². The molecule has 0 aromatic carbocycles. The summed E-state index contributed by atoms with van der Waals surface area (Å²) in [6.07, 6.45) is 1.41. The topological polar surface area (TPSA) is 74.1 Å². The maximum absolute atomic E-state index is 11.4. The lowest BCUT2D eigenvalue weighted by Gasteiger charge is -2.07. The summed E-state index contributed by atoms with van der Waals surface area (Å²) in [5, 5.41) is 9.00. The minimum atomic E-state index is -2.82. The van der Waals surface area contributed by atoms with Crippen molar-refractivity contribution < 1.29 is 13.2 Å². The molecule has 0 amide bonds. The fourth-order valence-electron chi connectivity index (χ4n) is 2.05. The van der Waals surface area contributed by atoms with Crippen LogP contribution in [0.15, 0.2) is 5.16 Å². The molecule has 0 unspecified atom stereocenters. The first-order valence-electron chi connectivity index (χ1n) is 5.72. The first kappa shape index (κ1) is 13.8. The molecule has 0 spiro atoms. The molecule has 2 rings (SSSR count). The summed E-state index contributed by atoms with van der Waals surface area (Å²) in [6.45, 7) is 0. The lowest BCUT2D eigenvalue weighted by Crippen LogP contribution is -2.11. The number of hydrogen-bond donors (Lipinski definition) is 0. The molecule has 0 saturated carbocycles. The Kier molecular flexibility index (Phi) is 4.29. The van der Waals surface area contributed by atoms with E-state index in [1.807, 2.05) is 11.6 Å². The molecule has 1 atom stereocenters. The van der Waals surface area contributed by atoms with Crippen LogP contribution in [0.4, 0.5) is 0 Å². The second kappa shape index (κ2) is 5.58. The molecule has 1 aliphatic heterocycles. The molecule has 1 fully saturated rings. The van der Waals surface area contributed by atoms with E-state index in [0.29, 0.717) is 18.1 Å². The third kappa shape index (κ3) is 3.24. The van der Waals surface area contributed by atoms with Gasteiger partial charge in [0.25, 0.3) is 0 Å². The number of rotatable bonds is 5. The van der Waals surface area contributed by atoms with Crippen LogP contribution in [-0.2, 0) is 28.0 Å². The number of methoxy groups -OCH3 is 1. The molecule has 0 radical (unpaired) electrons. The molecule has 1 aromatic heterocycles. The van der Waals surface area contributed by atoms with Gasteiger partial charge >= 0.3 is 0 Å². The maximum atomic E-state index is 11.4. The largest absolute Gasteiger partial charge is 0.374 e. The average Bonchev–Trinajstić information content (AvgIpc) is 2.82. The van der Waals surface area contributed by atoms with E-state index in [2.05, 4.69) is 10.2 Å². The predicted octanol–water partition coefficient (Wildman–Crippen LogP) is 0.488. The summed E-state index contributed by atoms with van der Waals surface area (Å²) >= 11 is 1.47. The van der Waals surface area contributed by atoms with Gasteiger partial charge < -0.3 is 9.30 Å². The fraction of sp³-hybridized carbons (Fsp3) is 0.800. The Morgan fingerprint density at radius 2 is 2.28 bits per heavy atom. The Balaban J connectivity index is 2.00. The van der Waals surface area contributed by atoms with E-state index in [0.717, 1.165) is 17.4 Å². The van der Waals surface area contributed by atoms with Crippen molar-refractivity contribution in [2.45, 2.75) is 18.0 Å². The zero-order valence-corrected chi connectivity index (χ0v) is 12.1. The highest BCUT2D eigenvalue weighted by atomic mass is 32.2. The Labute approximate surface area is 111 Å². The number of aromatic nitrogens is 3. The molecule has 6 nitrogen and oxygen atoms in total. The van der Waals surface area contributed by atoms with Crippen LogP contribution in [0, 0.1) is 5.92 Å². The van der Waals surface area contributed by atoms with Crippen molar-refractivity contribution in [3.05, 3.63) is 5.82 Å². The van der Waals surface area contributed by atoms with Gasteiger partial charge in [-0.1, -0.05) is 11.8 Å². The first-order chi connectivity index (χ1) is 8.52. The van der Waals surface area contributed by atoms with E-state index in [-0.39, 0.29) is 11.7 Å². The lowest BCUT2D eigenvalue weighted by atomic mass is 10.1. The minimum absolute atomic E-state index is 0.179. The van der Waals surface area contributed by atoms with E-state index >= 15 is 0 Å². The molecule has 2 heterocycles. The van der Waals surface area contributed by atoms with Gasteiger partial charge in [-0.25, -0.2) is 8.42 Å². The summed E-state index contributed by atoms with van der Waals surface area (Å²) in [5.41, 5.74) is 0. The van der Waals surface area contributed by atoms with Crippen molar-refractivity contribution in [1.29, 1.82) is 0 Å². The lowest BCUT2D eigenvalue weighted by molar-refractivity contribution is 0.258. The van der Waals surface area contributed by atoms with Gasteiger partial charge in [0.05, 0.1) is 17.4 Å². The van der Waals surface area contributed by atoms with Crippen LogP contribution in [0.1, 0.15) is 12.2 Å². The van der Waals surface area contributed by atoms with Gasteiger partial charge in [0.1, 0.15) is 5.82 Å². The summed E-state index contributed by atoms with van der Waals surface area (Å²) in [4.78, 5) is 0. The van der Waals surface area contributed by atoms with Crippen LogP contribution in [0.2, 0.25) is 0 Å². The average molecular weight is 291 g/mol. The van der Waals surface area contributed by atoms with Crippen LogP contribution in [-0.4, -0.2) is 47.7 Å². The zero-order chi connectivity index (χ0) is 13.2. The Morgan fingerprint density at radius 3 is 2.89 bits per heavy atom. The summed E-state index contributed by atoms with van der Waals surface area (Å²) in [5.74, 6) is 2.14. The summed E-state index contributed by atoms with van der Waals surface area (Å²) in [6, 6.07) is 0. The van der Waals surface area contributed by atoms with E-state index < -0.39 is 9.84 Å². The third-order valence-electron chi connectivity index (χ3n) is 3.03. The normalized spacial score (nSPS) is 22.4. The van der Waals surface area contributed by atoms with Crippen molar-refractivity contribution in [2.75, 3.05) is 24.6 Å². The van der Waals surface area contributed by atoms with Gasteiger partial charge in [-0.15, -0.1) is 10.2 Å². The maximum Gasteiger partial charge on any atom is 0.193 e. The monoisotopic (exact) mass is 291 g/mol. The molecular weight excluding hydrogens is 274 g/mol. The Bertz CT molecular complexity index is 512. The molecule has 0 N–H and O–H groups in total. The highest BCUT2D eigenvalue weighted by molar-refractivity contribution is 7.99. The number of ether oxygens (including phenoxy) is 1. The third-order valence-corrected chi connectivity index (χ3v) is 5.83. The second-order valence-electron chi connectivity index (χ2n) is 4.48. The van der Waals surface area contributed by atoms with Crippen molar-refractivity contribution in [2.24, 2.45) is 13.0 Å². The summed E-state index contributed by atoms with van der Waals surface area (Å²) < 4.78 is 29.7. The van der Waals surface area contributed by atoms with Crippen LogP contribution in [0.25, 0.3) is 0 Å². The van der Waals surface area contributed by atoms with Gasteiger partial charge in [0.2, 0.25) is 0 Å². The Hall–Kier alpha value is -0.600. The van der Waals surface area contributed by atoms with Gasteiger partial charge in [-0.05, 0) is 12.3 Å². The quantitative estimate of drug-likeness (QED) is 0.580. The van der Waals surface area contributed by atoms with Gasteiger partial charge in [-0.3, -0.25) is 0 Å². The van der Waals surface area contributed by atoms with Gasteiger partial charge in [0, 0.05) is 20.6 Å². The van der Waals surface area contributed by atoms with E-state index in [1.165, 1.54) is 11.8 Å². The molecule has 102 valence electrons. The van der Waals surface area contributed by atoms with Crippen molar-refractivity contribution >= 4 is 21.6 Å². The minimum Gasteiger partial charge on any atom is -0.374 e. The molecular formula is C10H17N3O3S2. The smallest absolute Gasteiger partial charge is 0.193 e. The molecule has 1 saturated heterocycles. The van der Waals surface area contributed by atoms with E-state index in [9.17, 15) is 8.42 Å². The SMILES string of the molecule is COCSc1nnc(C[C@@H]2CCS(=O)(=O)C2)n1C. The van der Waals surface area contributed by atoms with Gasteiger partial charge in [0.15, 0.2) is 15.0 Å². The number of hydrogen-bond acceptors (Lipinski definition) is 6. The molecule has 1 aromatic rings. The molecule has 1 aliphatic rings. The zero-order valence-electron chi connectivity index (χ0n) is 10.5. The molecule has 8 heteroatoms. The second-order valence-corrected chi connectivity index (χ2v) is 7.60. The molecule has 0 aliphatic carbocycles. The van der Waals surface area contributed by atoms with Crippen molar-refractivity contribution in [1.82, 2.24) is 14.8 Å². The van der Waals surface area contributed by atoms with Crippen LogP contribution in [0.5, 0.6) is 0 Å². The molecule has 18 heavy (non-hydrogen) atoms. The number of nitrogens with zero attached hydrogens (tertiary/aromatic N) is 3. The predicted molar refractivity (Wildman–Crippen MR) is 69.2 cm³/mol. The summed E-state index contributed by atoms with van der Waals surface area (Å²) in [7, 11) is 0.714.